The summed E-state index contributed by atoms with van der Waals surface area (Å²) in [6, 6.07) is 4.30. The molecule has 136 valence electrons. The summed E-state index contributed by atoms with van der Waals surface area (Å²) in [6.07, 6.45) is 0. The van der Waals surface area contributed by atoms with Crippen LogP contribution in [0.1, 0.15) is 10.4 Å². The number of carbonyl (C=O) groups excluding carboxylic acids is 4. The average Bonchev–Trinajstić information content (AvgIpc) is 2.55. The zero-order valence-electron chi connectivity index (χ0n) is 13.6. The number of ether oxygens (including phenoxy) is 1. The summed E-state index contributed by atoms with van der Waals surface area (Å²) < 4.78 is 4.69. The van der Waals surface area contributed by atoms with Crippen LogP contribution in [0.4, 0.5) is 0 Å². The maximum Gasteiger partial charge on any atom is 0.325 e. The Morgan fingerprint density at radius 1 is 1.08 bits per heavy atom. The predicted octanol–water partition coefficient (Wildman–Crippen LogP) is 0.471. The van der Waals surface area contributed by atoms with Gasteiger partial charge >= 0.3 is 5.97 Å². The number of nitrogens with one attached hydrogen (secondary N) is 2. The molecular formula is C15H17Cl2N3O5. The second-order valence-corrected chi connectivity index (χ2v) is 5.88. The van der Waals surface area contributed by atoms with Crippen molar-refractivity contribution in [1.29, 1.82) is 0 Å². The highest BCUT2D eigenvalue weighted by molar-refractivity contribution is 6.36. The molecule has 0 aliphatic carbocycles. The predicted molar refractivity (Wildman–Crippen MR) is 91.5 cm³/mol. The maximum absolute atomic E-state index is 11.9. The number of likely N-dealkylation sites (N-methyl/N-ethyl adjacent to an activating group) is 1. The van der Waals surface area contributed by atoms with Gasteiger partial charge < -0.3 is 20.3 Å². The summed E-state index contributed by atoms with van der Waals surface area (Å²) in [5.41, 5.74) is 0.152. The summed E-state index contributed by atoms with van der Waals surface area (Å²) in [7, 11) is 3.09. The minimum absolute atomic E-state index is 0.142. The van der Waals surface area contributed by atoms with E-state index in [0.29, 0.717) is 5.02 Å². The third-order valence-corrected chi connectivity index (χ3v) is 3.42. The topological polar surface area (TPSA) is 105 Å². The quantitative estimate of drug-likeness (QED) is 0.659. The van der Waals surface area contributed by atoms with E-state index < -0.39 is 30.9 Å². The standard InChI is InChI=1S/C15H17Cl2N3O5/c1-20(2)13(22)6-18-12(21)8-25-14(23)7-19-15(24)10-4-3-9(16)5-11(10)17/h3-5H,6-8H2,1-2H3,(H,18,21)(H,19,24). The van der Waals surface area contributed by atoms with Gasteiger partial charge in [0.15, 0.2) is 6.61 Å². The molecule has 3 amide bonds. The Kier molecular flexibility index (Phi) is 8.17. The molecule has 0 aromatic heterocycles. The van der Waals surface area contributed by atoms with Gasteiger partial charge in [-0.2, -0.15) is 0 Å². The van der Waals surface area contributed by atoms with Crippen molar-refractivity contribution >= 4 is 46.9 Å². The lowest BCUT2D eigenvalue weighted by Gasteiger charge is -2.11. The fourth-order valence-electron chi connectivity index (χ4n) is 1.50. The van der Waals surface area contributed by atoms with E-state index in [1.165, 1.54) is 23.1 Å². The van der Waals surface area contributed by atoms with Crippen molar-refractivity contribution in [1.82, 2.24) is 15.5 Å². The van der Waals surface area contributed by atoms with Gasteiger partial charge in [0.05, 0.1) is 17.1 Å². The van der Waals surface area contributed by atoms with Crippen LogP contribution in [0.3, 0.4) is 0 Å². The highest BCUT2D eigenvalue weighted by Crippen LogP contribution is 2.20. The van der Waals surface area contributed by atoms with Crippen LogP contribution in [0.5, 0.6) is 0 Å². The number of amides is 3. The highest BCUT2D eigenvalue weighted by Gasteiger charge is 2.14. The molecule has 0 fully saturated rings. The average molecular weight is 390 g/mol. The van der Waals surface area contributed by atoms with Gasteiger partial charge in [-0.1, -0.05) is 23.2 Å². The maximum atomic E-state index is 11.9. The number of benzene rings is 1. The number of esters is 1. The Labute approximate surface area is 154 Å². The van der Waals surface area contributed by atoms with Gasteiger partial charge in [-0.15, -0.1) is 0 Å². The second kappa shape index (κ2) is 9.85. The summed E-state index contributed by atoms with van der Waals surface area (Å²) in [5, 5.41) is 5.13. The molecule has 0 saturated heterocycles. The van der Waals surface area contributed by atoms with E-state index in [1.54, 1.807) is 14.1 Å². The number of hydrogen-bond donors (Lipinski definition) is 2. The van der Waals surface area contributed by atoms with Crippen LogP contribution in [-0.2, 0) is 19.1 Å². The first-order valence-corrected chi connectivity index (χ1v) is 7.82. The second-order valence-electron chi connectivity index (χ2n) is 5.03. The van der Waals surface area contributed by atoms with E-state index in [-0.39, 0.29) is 23.0 Å². The van der Waals surface area contributed by atoms with Crippen molar-refractivity contribution in [2.75, 3.05) is 33.8 Å². The highest BCUT2D eigenvalue weighted by atomic mass is 35.5. The molecule has 8 nitrogen and oxygen atoms in total. The lowest BCUT2D eigenvalue weighted by atomic mass is 10.2. The van der Waals surface area contributed by atoms with Crippen LogP contribution >= 0.6 is 23.2 Å². The fraction of sp³-hybridized carbons (Fsp3) is 0.333. The Bertz CT molecular complexity index is 679. The molecule has 2 N–H and O–H groups in total. The SMILES string of the molecule is CN(C)C(=O)CNC(=O)COC(=O)CNC(=O)c1ccc(Cl)cc1Cl. The van der Waals surface area contributed by atoms with Crippen molar-refractivity contribution in [2.24, 2.45) is 0 Å². The fourth-order valence-corrected chi connectivity index (χ4v) is 2.00. The van der Waals surface area contributed by atoms with E-state index in [0.717, 1.165) is 0 Å². The molecule has 1 aromatic rings. The van der Waals surface area contributed by atoms with Crippen LogP contribution in [0.25, 0.3) is 0 Å². The monoisotopic (exact) mass is 389 g/mol. The van der Waals surface area contributed by atoms with E-state index >= 15 is 0 Å². The lowest BCUT2D eigenvalue weighted by Crippen LogP contribution is -2.39. The normalized spacial score (nSPS) is 9.92. The number of rotatable bonds is 7. The van der Waals surface area contributed by atoms with Gasteiger partial charge in [-0.05, 0) is 18.2 Å². The first-order valence-electron chi connectivity index (χ1n) is 7.06. The molecule has 0 atom stereocenters. The van der Waals surface area contributed by atoms with Crippen LogP contribution in [0.2, 0.25) is 10.0 Å². The summed E-state index contributed by atoms with van der Waals surface area (Å²) in [4.78, 5) is 47.4. The van der Waals surface area contributed by atoms with Gasteiger partial charge in [-0.3, -0.25) is 19.2 Å². The molecule has 1 aromatic carbocycles. The Morgan fingerprint density at radius 3 is 2.36 bits per heavy atom. The van der Waals surface area contributed by atoms with Crippen LogP contribution in [0, 0.1) is 0 Å². The smallest absolute Gasteiger partial charge is 0.325 e. The van der Waals surface area contributed by atoms with Gasteiger partial charge in [0, 0.05) is 19.1 Å². The van der Waals surface area contributed by atoms with Gasteiger partial charge in [0.25, 0.3) is 11.8 Å². The lowest BCUT2D eigenvalue weighted by molar-refractivity contribution is -0.147. The molecule has 25 heavy (non-hydrogen) atoms. The molecule has 0 heterocycles. The first kappa shape index (κ1) is 20.7. The van der Waals surface area contributed by atoms with Crippen molar-refractivity contribution < 1.29 is 23.9 Å². The summed E-state index contributed by atoms with van der Waals surface area (Å²) in [5.74, 6) is -2.32. The minimum atomic E-state index is -0.812. The molecule has 10 heteroatoms. The van der Waals surface area contributed by atoms with Gasteiger partial charge in [-0.25, -0.2) is 0 Å². The van der Waals surface area contributed by atoms with Gasteiger partial charge in [0.1, 0.15) is 6.54 Å². The molecular weight excluding hydrogens is 373 g/mol. The number of hydrogen-bond acceptors (Lipinski definition) is 5. The van der Waals surface area contributed by atoms with Crippen LogP contribution in [0.15, 0.2) is 18.2 Å². The van der Waals surface area contributed by atoms with Crippen molar-refractivity contribution in [2.45, 2.75) is 0 Å². The zero-order valence-corrected chi connectivity index (χ0v) is 15.1. The van der Waals surface area contributed by atoms with Crippen LogP contribution in [-0.4, -0.2) is 62.4 Å². The first-order chi connectivity index (χ1) is 11.7. The molecule has 0 unspecified atom stereocenters. The Morgan fingerprint density at radius 2 is 1.76 bits per heavy atom. The largest absolute Gasteiger partial charge is 0.454 e. The third kappa shape index (κ3) is 7.40. The number of halogens is 2. The van der Waals surface area contributed by atoms with Crippen molar-refractivity contribution in [3.8, 4) is 0 Å². The van der Waals surface area contributed by atoms with Crippen LogP contribution < -0.4 is 10.6 Å². The Balaban J connectivity index is 2.34. The third-order valence-electron chi connectivity index (χ3n) is 2.87. The molecule has 0 aliphatic heterocycles. The zero-order chi connectivity index (χ0) is 19.0. The van der Waals surface area contributed by atoms with Gasteiger partial charge in [0.2, 0.25) is 5.91 Å². The molecule has 0 saturated carbocycles. The van der Waals surface area contributed by atoms with Crippen molar-refractivity contribution in [3.05, 3.63) is 33.8 Å². The van der Waals surface area contributed by atoms with Crippen molar-refractivity contribution in [3.63, 3.8) is 0 Å². The van der Waals surface area contributed by atoms with E-state index in [9.17, 15) is 19.2 Å². The summed E-state index contributed by atoms with van der Waals surface area (Å²) in [6.45, 7) is -1.20. The molecule has 0 spiro atoms. The minimum Gasteiger partial charge on any atom is -0.454 e. The number of carbonyl (C=O) groups is 4. The van der Waals surface area contributed by atoms with E-state index in [2.05, 4.69) is 15.4 Å². The Hall–Kier alpha value is -2.32. The molecule has 0 radical (unpaired) electrons. The van der Waals surface area contributed by atoms with E-state index in [4.69, 9.17) is 23.2 Å². The summed E-state index contributed by atoms with van der Waals surface area (Å²) >= 11 is 11.6. The molecule has 0 bridgehead atoms. The number of nitrogens with zero attached hydrogens (tertiary/aromatic N) is 1. The molecule has 1 rings (SSSR count). The molecule has 0 aliphatic rings. The van der Waals surface area contributed by atoms with E-state index in [1.807, 2.05) is 0 Å².